The Balaban J connectivity index is 2.23. The molecule has 1 heterocycles. The topological polar surface area (TPSA) is 40.5 Å². The van der Waals surface area contributed by atoms with E-state index in [-0.39, 0.29) is 11.7 Å². The first-order valence-electron chi connectivity index (χ1n) is 7.11. The van der Waals surface area contributed by atoms with Gasteiger partial charge in [0.1, 0.15) is 5.75 Å². The van der Waals surface area contributed by atoms with E-state index >= 15 is 0 Å². The minimum atomic E-state index is -0.391. The monoisotopic (exact) mass is 281 g/mol. The van der Waals surface area contributed by atoms with Crippen LogP contribution < -0.4 is 4.90 Å². The summed E-state index contributed by atoms with van der Waals surface area (Å²) in [5.74, 6) is 0.307. The molecule has 0 fully saturated rings. The second-order valence-corrected chi connectivity index (χ2v) is 5.98. The number of anilines is 1. The molecule has 3 rings (SSSR count). The summed E-state index contributed by atoms with van der Waals surface area (Å²) in [4.78, 5) is 13.7. The average molecular weight is 281 g/mol. The first-order chi connectivity index (χ1) is 9.93. The Morgan fingerprint density at radius 1 is 1.19 bits per heavy atom. The van der Waals surface area contributed by atoms with Crippen molar-refractivity contribution in [2.45, 2.75) is 26.2 Å². The van der Waals surface area contributed by atoms with Gasteiger partial charge in [0.15, 0.2) is 0 Å². The Labute approximate surface area is 124 Å². The Kier molecular flexibility index (Phi) is 3.01. The smallest absolute Gasteiger partial charge is 0.223 e. The minimum absolute atomic E-state index is 0.0262. The molecule has 0 saturated heterocycles. The number of phenolic OH excluding ortho intramolecular Hbond substituents is 1. The highest BCUT2D eigenvalue weighted by Crippen LogP contribution is 2.47. The molecule has 1 aliphatic heterocycles. The largest absolute Gasteiger partial charge is 0.508 e. The molecule has 0 aromatic heterocycles. The molecule has 0 bridgehead atoms. The molecule has 1 amide bonds. The van der Waals surface area contributed by atoms with Crippen LogP contribution in [0.3, 0.4) is 0 Å². The van der Waals surface area contributed by atoms with E-state index in [0.717, 1.165) is 22.4 Å². The third-order valence-corrected chi connectivity index (χ3v) is 4.39. The summed E-state index contributed by atoms with van der Waals surface area (Å²) in [5, 5.41) is 10.3. The maximum Gasteiger partial charge on any atom is 0.223 e. The van der Waals surface area contributed by atoms with Crippen LogP contribution in [0.4, 0.5) is 5.69 Å². The van der Waals surface area contributed by atoms with Gasteiger partial charge in [-0.25, -0.2) is 0 Å². The van der Waals surface area contributed by atoms with Crippen molar-refractivity contribution < 1.29 is 9.90 Å². The van der Waals surface area contributed by atoms with Crippen LogP contribution in [-0.2, 0) is 10.2 Å². The number of fused-ring (bicyclic) bond motifs is 1. The van der Waals surface area contributed by atoms with Crippen molar-refractivity contribution >= 4 is 11.6 Å². The maximum atomic E-state index is 11.9. The normalized spacial score (nSPS) is 20.4. The highest BCUT2D eigenvalue weighted by molar-refractivity contribution is 5.95. The van der Waals surface area contributed by atoms with E-state index < -0.39 is 5.41 Å². The predicted molar refractivity (Wildman–Crippen MR) is 83.8 cm³/mol. The van der Waals surface area contributed by atoms with Crippen LogP contribution in [-0.4, -0.2) is 17.6 Å². The van der Waals surface area contributed by atoms with Crippen LogP contribution in [0.15, 0.2) is 42.5 Å². The fourth-order valence-corrected chi connectivity index (χ4v) is 3.27. The molecule has 21 heavy (non-hydrogen) atoms. The lowest BCUT2D eigenvalue weighted by Crippen LogP contribution is -2.34. The van der Waals surface area contributed by atoms with E-state index in [2.05, 4.69) is 6.92 Å². The molecule has 0 aliphatic carbocycles. The van der Waals surface area contributed by atoms with Gasteiger partial charge in [0.25, 0.3) is 0 Å². The number of benzene rings is 2. The number of carbonyl (C=O) groups is 1. The Morgan fingerprint density at radius 2 is 1.90 bits per heavy atom. The van der Waals surface area contributed by atoms with Gasteiger partial charge in [-0.05, 0) is 31.5 Å². The fraction of sp³-hybridized carbons (Fsp3) is 0.278. The maximum absolute atomic E-state index is 11.9. The minimum Gasteiger partial charge on any atom is -0.508 e. The number of aromatic hydroxyl groups is 1. The van der Waals surface area contributed by atoms with E-state index in [1.54, 1.807) is 17.9 Å². The van der Waals surface area contributed by atoms with Gasteiger partial charge in [-0.15, -0.1) is 0 Å². The number of para-hydroxylation sites is 1. The molecule has 3 heteroatoms. The predicted octanol–water partition coefficient (Wildman–Crippen LogP) is 3.37. The second-order valence-electron chi connectivity index (χ2n) is 5.98. The molecule has 1 aliphatic rings. The molecular formula is C18H19NO2. The van der Waals surface area contributed by atoms with Gasteiger partial charge in [0.05, 0.1) is 0 Å². The number of nitrogens with zero attached hydrogens (tertiary/aromatic N) is 1. The summed E-state index contributed by atoms with van der Waals surface area (Å²) in [5.41, 5.74) is 3.61. The molecule has 1 atom stereocenters. The summed E-state index contributed by atoms with van der Waals surface area (Å²) in [6.07, 6.45) is 0. The van der Waals surface area contributed by atoms with Gasteiger partial charge in [0.2, 0.25) is 5.91 Å². The SMILES string of the molecule is CC(=O)N1CC(C)(c2cc(C)ccc2O)c2ccccc21. The number of carbonyl (C=O) groups excluding carboxylic acids is 1. The van der Waals surface area contributed by atoms with E-state index in [0.29, 0.717) is 6.54 Å². The van der Waals surface area contributed by atoms with Crippen LogP contribution in [0.25, 0.3) is 0 Å². The van der Waals surface area contributed by atoms with Gasteiger partial charge in [0, 0.05) is 30.1 Å². The number of phenols is 1. The van der Waals surface area contributed by atoms with E-state index in [9.17, 15) is 9.90 Å². The highest BCUT2D eigenvalue weighted by atomic mass is 16.3. The average Bonchev–Trinajstić information content (AvgIpc) is 2.77. The zero-order valence-corrected chi connectivity index (χ0v) is 12.6. The summed E-state index contributed by atoms with van der Waals surface area (Å²) in [6, 6.07) is 13.6. The van der Waals surface area contributed by atoms with Crippen LogP contribution >= 0.6 is 0 Å². The van der Waals surface area contributed by atoms with Crippen molar-refractivity contribution in [3.8, 4) is 5.75 Å². The van der Waals surface area contributed by atoms with Crippen LogP contribution in [0.5, 0.6) is 5.75 Å². The lowest BCUT2D eigenvalue weighted by molar-refractivity contribution is -0.116. The molecule has 0 radical (unpaired) electrons. The van der Waals surface area contributed by atoms with Crippen molar-refractivity contribution in [2.75, 3.05) is 11.4 Å². The van der Waals surface area contributed by atoms with E-state index in [1.165, 1.54) is 0 Å². The standard InChI is InChI=1S/C18H19NO2/c1-12-8-9-17(21)15(10-12)18(3)11-19(13(2)20)16-7-5-4-6-14(16)18/h4-10,21H,11H2,1-3H3. The number of hydrogen-bond donors (Lipinski definition) is 1. The number of rotatable bonds is 1. The van der Waals surface area contributed by atoms with Crippen LogP contribution in [0, 0.1) is 6.92 Å². The summed E-state index contributed by atoms with van der Waals surface area (Å²) >= 11 is 0. The number of amides is 1. The molecule has 0 saturated carbocycles. The summed E-state index contributed by atoms with van der Waals surface area (Å²) in [7, 11) is 0. The lowest BCUT2D eigenvalue weighted by Gasteiger charge is -2.27. The summed E-state index contributed by atoms with van der Waals surface area (Å²) in [6.45, 7) is 6.23. The highest BCUT2D eigenvalue weighted by Gasteiger charge is 2.42. The summed E-state index contributed by atoms with van der Waals surface area (Å²) < 4.78 is 0. The third kappa shape index (κ3) is 2.00. The van der Waals surface area contributed by atoms with E-state index in [4.69, 9.17) is 0 Å². The fourth-order valence-electron chi connectivity index (χ4n) is 3.27. The third-order valence-electron chi connectivity index (χ3n) is 4.39. The zero-order chi connectivity index (χ0) is 15.2. The molecule has 3 nitrogen and oxygen atoms in total. The van der Waals surface area contributed by atoms with Crippen molar-refractivity contribution in [1.29, 1.82) is 0 Å². The van der Waals surface area contributed by atoms with Gasteiger partial charge >= 0.3 is 0 Å². The number of aryl methyl sites for hydroxylation is 1. The lowest BCUT2D eigenvalue weighted by atomic mass is 9.77. The Morgan fingerprint density at radius 3 is 2.62 bits per heavy atom. The van der Waals surface area contributed by atoms with Crippen molar-refractivity contribution in [3.05, 3.63) is 59.2 Å². The zero-order valence-electron chi connectivity index (χ0n) is 12.6. The van der Waals surface area contributed by atoms with Crippen LogP contribution in [0.1, 0.15) is 30.5 Å². The Bertz CT molecular complexity index is 723. The first-order valence-corrected chi connectivity index (χ1v) is 7.11. The molecule has 2 aromatic rings. The van der Waals surface area contributed by atoms with Gasteiger partial charge < -0.3 is 10.0 Å². The van der Waals surface area contributed by atoms with Crippen LogP contribution in [0.2, 0.25) is 0 Å². The first kappa shape index (κ1) is 13.7. The molecule has 1 unspecified atom stereocenters. The molecule has 2 aromatic carbocycles. The molecule has 1 N–H and O–H groups in total. The quantitative estimate of drug-likeness (QED) is 0.870. The van der Waals surface area contributed by atoms with Gasteiger partial charge in [-0.2, -0.15) is 0 Å². The number of hydrogen-bond acceptors (Lipinski definition) is 2. The molecule has 108 valence electrons. The van der Waals surface area contributed by atoms with E-state index in [1.807, 2.05) is 43.3 Å². The van der Waals surface area contributed by atoms with Crippen molar-refractivity contribution in [2.24, 2.45) is 0 Å². The van der Waals surface area contributed by atoms with Gasteiger partial charge in [-0.1, -0.05) is 35.9 Å². The molecular weight excluding hydrogens is 262 g/mol. The van der Waals surface area contributed by atoms with Gasteiger partial charge in [-0.3, -0.25) is 4.79 Å². The van der Waals surface area contributed by atoms with Crippen molar-refractivity contribution in [1.82, 2.24) is 0 Å². The van der Waals surface area contributed by atoms with Crippen molar-refractivity contribution in [3.63, 3.8) is 0 Å². The molecule has 0 spiro atoms. The Hall–Kier alpha value is -2.29. The second kappa shape index (κ2) is 4.62.